The number of fused-ring (bicyclic) bond motifs is 1. The summed E-state index contributed by atoms with van der Waals surface area (Å²) in [6, 6.07) is 8.81. The lowest BCUT2D eigenvalue weighted by Gasteiger charge is -2.47. The van der Waals surface area contributed by atoms with E-state index in [1.54, 1.807) is 32.2 Å². The number of aliphatic hydroxyl groups is 1. The van der Waals surface area contributed by atoms with Gasteiger partial charge in [-0.05, 0) is 68.9 Å². The summed E-state index contributed by atoms with van der Waals surface area (Å²) in [4.78, 5) is 16.4. The van der Waals surface area contributed by atoms with Gasteiger partial charge in [0.1, 0.15) is 11.3 Å². The van der Waals surface area contributed by atoms with Crippen LogP contribution >= 0.6 is 11.6 Å². The smallest absolute Gasteiger partial charge is 0.218 e. The molecule has 4 rings (SSSR count). The Morgan fingerprint density at radius 1 is 1.31 bits per heavy atom. The standard InChI is InChI=1S/C27H35ClFN3O3/c1-17(33)32-22(12-18-5-7-20(28)8-6-18)24(34)16-30-23-14-27(9-4-10-27)35-25-21(23)11-19(15-31-25)13-26(2,3)29/h5-8,11,15,22-24,30,34H,4,9-10,12-14,16H2,1-3H3,(H,32,33)/t22-,23-,24-/m0/s1. The van der Waals surface area contributed by atoms with Crippen LogP contribution in [0.1, 0.15) is 69.2 Å². The van der Waals surface area contributed by atoms with E-state index in [0.717, 1.165) is 42.4 Å². The highest BCUT2D eigenvalue weighted by atomic mass is 35.5. The van der Waals surface area contributed by atoms with E-state index in [1.165, 1.54) is 6.92 Å². The summed E-state index contributed by atoms with van der Waals surface area (Å²) in [7, 11) is 0. The summed E-state index contributed by atoms with van der Waals surface area (Å²) in [5.74, 6) is 0.387. The molecule has 35 heavy (non-hydrogen) atoms. The molecule has 1 fully saturated rings. The molecule has 2 heterocycles. The zero-order valence-electron chi connectivity index (χ0n) is 20.6. The average Bonchev–Trinajstić information content (AvgIpc) is 2.75. The predicted octanol–water partition coefficient (Wildman–Crippen LogP) is 4.47. The van der Waals surface area contributed by atoms with Gasteiger partial charge >= 0.3 is 0 Å². The molecule has 3 N–H and O–H groups in total. The van der Waals surface area contributed by atoms with Crippen molar-refractivity contribution in [2.45, 2.75) is 88.8 Å². The van der Waals surface area contributed by atoms with Gasteiger partial charge in [0.25, 0.3) is 0 Å². The first kappa shape index (κ1) is 25.9. The summed E-state index contributed by atoms with van der Waals surface area (Å²) in [6.07, 6.45) is 5.44. The number of alkyl halides is 1. The van der Waals surface area contributed by atoms with Crippen LogP contribution in [0.15, 0.2) is 36.5 Å². The van der Waals surface area contributed by atoms with Crippen molar-refractivity contribution in [1.29, 1.82) is 0 Å². The van der Waals surface area contributed by atoms with Crippen LogP contribution in [0.25, 0.3) is 0 Å². The fourth-order valence-electron chi connectivity index (χ4n) is 5.04. The van der Waals surface area contributed by atoms with Gasteiger partial charge in [0.2, 0.25) is 11.8 Å². The van der Waals surface area contributed by atoms with E-state index in [0.29, 0.717) is 17.3 Å². The van der Waals surface area contributed by atoms with E-state index >= 15 is 0 Å². The predicted molar refractivity (Wildman–Crippen MR) is 134 cm³/mol. The highest BCUT2D eigenvalue weighted by molar-refractivity contribution is 6.30. The minimum absolute atomic E-state index is 0.0858. The van der Waals surface area contributed by atoms with Crippen LogP contribution in [-0.2, 0) is 17.6 Å². The van der Waals surface area contributed by atoms with Gasteiger partial charge in [0.05, 0.1) is 12.1 Å². The Balaban J connectivity index is 1.49. The molecule has 0 saturated heterocycles. The Morgan fingerprint density at radius 3 is 2.63 bits per heavy atom. The third kappa shape index (κ3) is 6.72. The molecule has 0 bridgehead atoms. The highest BCUT2D eigenvalue weighted by Gasteiger charge is 2.46. The van der Waals surface area contributed by atoms with Crippen LogP contribution in [0.4, 0.5) is 4.39 Å². The molecule has 1 aromatic carbocycles. The van der Waals surface area contributed by atoms with E-state index in [-0.39, 0.29) is 30.5 Å². The minimum atomic E-state index is -1.34. The van der Waals surface area contributed by atoms with Crippen molar-refractivity contribution in [3.63, 3.8) is 0 Å². The van der Waals surface area contributed by atoms with Crippen LogP contribution < -0.4 is 15.4 Å². The summed E-state index contributed by atoms with van der Waals surface area (Å²) in [6.45, 7) is 4.84. The molecule has 2 aliphatic rings. The van der Waals surface area contributed by atoms with E-state index in [1.807, 2.05) is 18.2 Å². The average molecular weight is 504 g/mol. The van der Waals surface area contributed by atoms with Crippen molar-refractivity contribution in [2.24, 2.45) is 0 Å². The lowest BCUT2D eigenvalue weighted by Crippen LogP contribution is -2.52. The first-order chi connectivity index (χ1) is 16.5. The Bertz CT molecular complexity index is 1040. The fraction of sp³-hybridized carbons (Fsp3) is 0.556. The molecule has 8 heteroatoms. The van der Waals surface area contributed by atoms with Gasteiger partial charge in [0, 0.05) is 49.1 Å². The lowest BCUT2D eigenvalue weighted by atomic mass is 9.73. The van der Waals surface area contributed by atoms with Gasteiger partial charge < -0.3 is 20.5 Å². The normalized spacial score (nSPS) is 20.3. The zero-order chi connectivity index (χ0) is 25.2. The molecule has 1 aliphatic heterocycles. The third-order valence-corrected chi connectivity index (χ3v) is 7.14. The van der Waals surface area contributed by atoms with Gasteiger partial charge in [0.15, 0.2) is 0 Å². The number of rotatable bonds is 9. The van der Waals surface area contributed by atoms with Crippen molar-refractivity contribution >= 4 is 17.5 Å². The van der Waals surface area contributed by atoms with Crippen molar-refractivity contribution in [3.8, 4) is 5.88 Å². The van der Waals surface area contributed by atoms with Gasteiger partial charge in [-0.15, -0.1) is 0 Å². The second kappa shape index (κ2) is 10.4. The van der Waals surface area contributed by atoms with E-state index < -0.39 is 17.8 Å². The lowest BCUT2D eigenvalue weighted by molar-refractivity contribution is -0.120. The van der Waals surface area contributed by atoms with E-state index in [9.17, 15) is 14.3 Å². The molecule has 1 spiro atoms. The molecule has 3 atom stereocenters. The molecule has 190 valence electrons. The number of hydrogen-bond acceptors (Lipinski definition) is 5. The van der Waals surface area contributed by atoms with Crippen LogP contribution in [0.3, 0.4) is 0 Å². The number of halogens is 2. The van der Waals surface area contributed by atoms with Crippen LogP contribution in [0, 0.1) is 0 Å². The number of aromatic nitrogens is 1. The molecule has 0 radical (unpaired) electrons. The quantitative estimate of drug-likeness (QED) is 0.470. The van der Waals surface area contributed by atoms with E-state index in [2.05, 4.69) is 15.6 Å². The van der Waals surface area contributed by atoms with Crippen LogP contribution in [0.5, 0.6) is 5.88 Å². The first-order valence-corrected chi connectivity index (χ1v) is 12.7. The molecule has 1 saturated carbocycles. The van der Waals surface area contributed by atoms with Gasteiger partial charge in [-0.2, -0.15) is 0 Å². The number of carbonyl (C=O) groups excluding carboxylic acids is 1. The molecular formula is C27H35ClFN3O3. The number of carbonyl (C=O) groups is 1. The van der Waals surface area contributed by atoms with Crippen molar-refractivity contribution in [2.75, 3.05) is 6.54 Å². The number of hydrogen-bond donors (Lipinski definition) is 3. The SMILES string of the molecule is CC(=O)N[C@@H](Cc1ccc(Cl)cc1)[C@@H](O)CN[C@H]1CC2(CCC2)Oc2ncc(CC(C)(C)F)cc21. The van der Waals surface area contributed by atoms with Crippen molar-refractivity contribution in [3.05, 3.63) is 58.2 Å². The van der Waals surface area contributed by atoms with Crippen molar-refractivity contribution in [1.82, 2.24) is 15.6 Å². The third-order valence-electron chi connectivity index (χ3n) is 6.88. The number of aliphatic hydroxyl groups excluding tert-OH is 1. The molecule has 1 aliphatic carbocycles. The summed E-state index contributed by atoms with van der Waals surface area (Å²) in [5.41, 5.74) is 1.11. The Hall–Kier alpha value is -2.22. The number of nitrogens with zero attached hydrogens (tertiary/aromatic N) is 1. The summed E-state index contributed by atoms with van der Waals surface area (Å²) < 4.78 is 20.6. The second-order valence-electron chi connectivity index (χ2n) is 10.6. The van der Waals surface area contributed by atoms with Crippen LogP contribution in [0.2, 0.25) is 5.02 Å². The summed E-state index contributed by atoms with van der Waals surface area (Å²) in [5, 5.41) is 18.1. The molecule has 0 unspecified atom stereocenters. The van der Waals surface area contributed by atoms with Crippen LogP contribution in [-0.4, -0.2) is 46.0 Å². The summed E-state index contributed by atoms with van der Waals surface area (Å²) >= 11 is 5.99. The maximum atomic E-state index is 14.3. The molecule has 2 aromatic rings. The monoisotopic (exact) mass is 503 g/mol. The molecule has 6 nitrogen and oxygen atoms in total. The van der Waals surface area contributed by atoms with E-state index in [4.69, 9.17) is 16.3 Å². The zero-order valence-corrected chi connectivity index (χ0v) is 21.4. The first-order valence-electron chi connectivity index (χ1n) is 12.3. The van der Waals surface area contributed by atoms with Gasteiger partial charge in [-0.1, -0.05) is 23.7 Å². The molecule has 1 aromatic heterocycles. The Labute approximate surface area is 211 Å². The number of amides is 1. The largest absolute Gasteiger partial charge is 0.471 e. The Kier molecular flexibility index (Phi) is 7.69. The van der Waals surface area contributed by atoms with Crippen molar-refractivity contribution < 1.29 is 19.0 Å². The number of nitrogens with one attached hydrogen (secondary N) is 2. The fourth-order valence-corrected chi connectivity index (χ4v) is 5.17. The minimum Gasteiger partial charge on any atom is -0.471 e. The number of pyridine rings is 1. The molecule has 1 amide bonds. The molecular weight excluding hydrogens is 469 g/mol. The maximum Gasteiger partial charge on any atom is 0.218 e. The Morgan fingerprint density at radius 2 is 2.03 bits per heavy atom. The topological polar surface area (TPSA) is 83.5 Å². The van der Waals surface area contributed by atoms with Gasteiger partial charge in [-0.3, -0.25) is 4.79 Å². The highest BCUT2D eigenvalue weighted by Crippen LogP contribution is 2.48. The maximum absolute atomic E-state index is 14.3. The number of benzene rings is 1. The second-order valence-corrected chi connectivity index (χ2v) is 11.1. The number of ether oxygens (including phenoxy) is 1. The van der Waals surface area contributed by atoms with Gasteiger partial charge in [-0.25, -0.2) is 9.37 Å².